The minimum absolute atomic E-state index is 0.394. The second-order valence-electron chi connectivity index (χ2n) is 5.84. The van der Waals surface area contributed by atoms with E-state index in [2.05, 4.69) is 5.10 Å². The zero-order chi connectivity index (χ0) is 15.8. The topological polar surface area (TPSA) is 59.0 Å². The van der Waals surface area contributed by atoms with Crippen LogP contribution in [-0.4, -0.2) is 28.3 Å². The van der Waals surface area contributed by atoms with E-state index in [4.69, 9.17) is 16.3 Å². The molecular weight excluding hydrogens is 292 g/mol. The quantitative estimate of drug-likeness (QED) is 0.798. The lowest BCUT2D eigenvalue weighted by atomic mass is 9.99. The van der Waals surface area contributed by atoms with Gasteiger partial charge in [-0.25, -0.2) is 4.79 Å². The summed E-state index contributed by atoms with van der Waals surface area (Å²) >= 11 is 5.84. The molecule has 0 aliphatic carbocycles. The van der Waals surface area contributed by atoms with E-state index in [9.17, 15) is 9.59 Å². The maximum Gasteiger partial charge on any atom is 0.438 e. The minimum atomic E-state index is -0.761. The lowest BCUT2D eigenvalue weighted by Gasteiger charge is -2.21. The molecule has 0 saturated heterocycles. The van der Waals surface area contributed by atoms with E-state index in [-0.39, 0.29) is 0 Å². The Balaban J connectivity index is 2.27. The van der Waals surface area contributed by atoms with Crippen LogP contribution in [0.3, 0.4) is 0 Å². The van der Waals surface area contributed by atoms with Gasteiger partial charge in [0.2, 0.25) is 0 Å². The lowest BCUT2D eigenvalue weighted by Crippen LogP contribution is -2.36. The predicted octanol–water partition coefficient (Wildman–Crippen LogP) is 3.46. The van der Waals surface area contributed by atoms with Crippen LogP contribution in [0, 0.1) is 5.92 Å². The number of rotatable bonds is 1. The van der Waals surface area contributed by atoms with E-state index >= 15 is 0 Å². The molecule has 1 heterocycles. The van der Waals surface area contributed by atoms with Crippen molar-refractivity contribution in [3.63, 3.8) is 0 Å². The summed E-state index contributed by atoms with van der Waals surface area (Å²) in [4.78, 5) is 24.2. The Bertz CT molecular complexity index is 602. The van der Waals surface area contributed by atoms with Gasteiger partial charge < -0.3 is 4.74 Å². The summed E-state index contributed by atoms with van der Waals surface area (Å²) in [5.41, 5.74) is 0.605. The zero-order valence-electron chi connectivity index (χ0n) is 12.4. The molecule has 0 spiro atoms. The number of carbonyl (C=O) groups is 2. The summed E-state index contributed by atoms with van der Waals surface area (Å²) in [6.45, 7) is 6.91. The van der Waals surface area contributed by atoms with E-state index < -0.39 is 23.5 Å². The number of hydrazone groups is 1. The molecule has 0 N–H and O–H groups in total. The van der Waals surface area contributed by atoms with Crippen molar-refractivity contribution >= 4 is 29.3 Å². The van der Waals surface area contributed by atoms with E-state index in [1.165, 1.54) is 0 Å². The Labute approximate surface area is 128 Å². The normalized spacial score (nSPS) is 18.7. The summed E-state index contributed by atoms with van der Waals surface area (Å²) in [5.74, 6) is -0.895. The Kier molecular flexibility index (Phi) is 4.05. The molecule has 0 bridgehead atoms. The Morgan fingerprint density at radius 3 is 2.38 bits per heavy atom. The first kappa shape index (κ1) is 15.5. The molecule has 2 amide bonds. The molecule has 1 aromatic carbocycles. The zero-order valence-corrected chi connectivity index (χ0v) is 13.1. The Hall–Kier alpha value is -1.88. The van der Waals surface area contributed by atoms with Crippen LogP contribution < -0.4 is 0 Å². The predicted molar refractivity (Wildman–Crippen MR) is 80.2 cm³/mol. The number of hydrogen-bond acceptors (Lipinski definition) is 4. The SMILES string of the molecule is CC1C(=O)N(C(=O)OC(C)(C)C)N=C1c1ccc(Cl)cc1. The fourth-order valence-electron chi connectivity index (χ4n) is 1.91. The number of halogens is 1. The van der Waals surface area contributed by atoms with Crippen molar-refractivity contribution in [1.29, 1.82) is 0 Å². The van der Waals surface area contributed by atoms with Gasteiger partial charge in [-0.15, -0.1) is 5.01 Å². The van der Waals surface area contributed by atoms with Crippen LogP contribution in [0.15, 0.2) is 29.4 Å². The fourth-order valence-corrected chi connectivity index (χ4v) is 2.03. The maximum absolute atomic E-state index is 12.2. The number of ether oxygens (including phenoxy) is 1. The second-order valence-corrected chi connectivity index (χ2v) is 6.28. The highest BCUT2D eigenvalue weighted by molar-refractivity contribution is 6.30. The van der Waals surface area contributed by atoms with Gasteiger partial charge >= 0.3 is 6.09 Å². The van der Waals surface area contributed by atoms with Gasteiger partial charge in [-0.1, -0.05) is 23.7 Å². The standard InChI is InChI=1S/C15H17ClN2O3/c1-9-12(10-5-7-11(16)8-6-10)17-18(13(9)19)14(20)21-15(2,3)4/h5-9H,1-4H3. The van der Waals surface area contributed by atoms with Crippen molar-refractivity contribution in [1.82, 2.24) is 5.01 Å². The van der Waals surface area contributed by atoms with Crippen LogP contribution in [0.2, 0.25) is 5.02 Å². The highest BCUT2D eigenvalue weighted by Crippen LogP contribution is 2.23. The maximum atomic E-state index is 12.2. The van der Waals surface area contributed by atoms with Gasteiger partial charge in [0.15, 0.2) is 0 Å². The van der Waals surface area contributed by atoms with Gasteiger partial charge in [-0.05, 0) is 45.4 Å². The van der Waals surface area contributed by atoms with Crippen LogP contribution in [0.5, 0.6) is 0 Å². The third-order valence-corrected chi connectivity index (χ3v) is 3.16. The van der Waals surface area contributed by atoms with Crippen LogP contribution in [0.25, 0.3) is 0 Å². The van der Waals surface area contributed by atoms with Crippen molar-refractivity contribution in [2.24, 2.45) is 11.0 Å². The third-order valence-electron chi connectivity index (χ3n) is 2.90. The van der Waals surface area contributed by atoms with Crippen molar-refractivity contribution < 1.29 is 14.3 Å². The highest BCUT2D eigenvalue weighted by Gasteiger charge is 2.38. The summed E-state index contributed by atoms with van der Waals surface area (Å²) in [6, 6.07) is 6.96. The van der Waals surface area contributed by atoms with Gasteiger partial charge in [0.25, 0.3) is 5.91 Å². The first-order valence-electron chi connectivity index (χ1n) is 6.60. The average Bonchev–Trinajstić information content (AvgIpc) is 2.66. The van der Waals surface area contributed by atoms with Gasteiger partial charge in [0.05, 0.1) is 11.6 Å². The molecular formula is C15H17ClN2O3. The highest BCUT2D eigenvalue weighted by atomic mass is 35.5. The number of imide groups is 1. The second kappa shape index (κ2) is 5.48. The van der Waals surface area contributed by atoms with Crippen LogP contribution in [0.4, 0.5) is 4.79 Å². The van der Waals surface area contributed by atoms with Crippen molar-refractivity contribution in [3.05, 3.63) is 34.9 Å². The van der Waals surface area contributed by atoms with Gasteiger partial charge in [-0.2, -0.15) is 5.10 Å². The molecule has 0 fully saturated rings. The Morgan fingerprint density at radius 2 is 1.86 bits per heavy atom. The molecule has 112 valence electrons. The van der Waals surface area contributed by atoms with E-state index in [1.54, 1.807) is 52.0 Å². The van der Waals surface area contributed by atoms with Gasteiger partial charge in [0.1, 0.15) is 5.60 Å². The molecule has 0 saturated carbocycles. The van der Waals surface area contributed by atoms with Crippen molar-refractivity contribution in [2.75, 3.05) is 0 Å². The molecule has 1 unspecified atom stereocenters. The number of carbonyl (C=O) groups excluding carboxylic acids is 2. The van der Waals surface area contributed by atoms with Crippen molar-refractivity contribution in [3.8, 4) is 0 Å². The molecule has 6 heteroatoms. The largest absolute Gasteiger partial charge is 0.442 e. The summed E-state index contributed by atoms with van der Waals surface area (Å²) < 4.78 is 5.18. The van der Waals surface area contributed by atoms with Gasteiger partial charge in [0, 0.05) is 5.02 Å². The number of hydrogen-bond donors (Lipinski definition) is 0. The third kappa shape index (κ3) is 3.42. The number of nitrogens with zero attached hydrogens (tertiary/aromatic N) is 2. The molecule has 1 aliphatic heterocycles. The minimum Gasteiger partial charge on any atom is -0.442 e. The van der Waals surface area contributed by atoms with E-state index in [0.29, 0.717) is 10.7 Å². The van der Waals surface area contributed by atoms with E-state index in [0.717, 1.165) is 10.6 Å². The summed E-state index contributed by atoms with van der Waals surface area (Å²) in [5, 5.41) is 5.51. The smallest absolute Gasteiger partial charge is 0.438 e. The first-order chi connectivity index (χ1) is 9.69. The molecule has 2 rings (SSSR count). The van der Waals surface area contributed by atoms with Crippen LogP contribution in [-0.2, 0) is 9.53 Å². The first-order valence-corrected chi connectivity index (χ1v) is 6.98. The molecule has 21 heavy (non-hydrogen) atoms. The fraction of sp³-hybridized carbons (Fsp3) is 0.400. The van der Waals surface area contributed by atoms with Crippen molar-refractivity contribution in [2.45, 2.75) is 33.3 Å². The molecule has 1 aromatic rings. The molecule has 0 radical (unpaired) electrons. The molecule has 5 nitrogen and oxygen atoms in total. The summed E-state index contributed by atoms with van der Waals surface area (Å²) in [6.07, 6.45) is -0.761. The molecule has 1 aliphatic rings. The molecule has 0 aromatic heterocycles. The molecule has 1 atom stereocenters. The van der Waals surface area contributed by atoms with Crippen LogP contribution in [0.1, 0.15) is 33.3 Å². The average molecular weight is 309 g/mol. The Morgan fingerprint density at radius 1 is 1.29 bits per heavy atom. The number of amides is 2. The number of benzene rings is 1. The summed E-state index contributed by atoms with van der Waals surface area (Å²) in [7, 11) is 0. The van der Waals surface area contributed by atoms with Crippen LogP contribution >= 0.6 is 11.6 Å². The van der Waals surface area contributed by atoms with Gasteiger partial charge in [-0.3, -0.25) is 4.79 Å². The monoisotopic (exact) mass is 308 g/mol. The lowest BCUT2D eigenvalue weighted by molar-refractivity contribution is -0.130. The van der Waals surface area contributed by atoms with E-state index in [1.807, 2.05) is 0 Å².